The molecule has 1 rings (SSSR count). The van der Waals surface area contributed by atoms with Gasteiger partial charge in [0.15, 0.2) is 0 Å². The molecule has 0 bridgehead atoms. The van der Waals surface area contributed by atoms with Crippen LogP contribution in [0.4, 0.5) is 5.69 Å². The number of isocyanates is 1. The molecule has 0 amide bonds. The van der Waals surface area contributed by atoms with E-state index in [2.05, 4.69) is 24.4 Å². The lowest BCUT2D eigenvalue weighted by Gasteiger charge is -2.05. The number of hydrogen-bond acceptors (Lipinski definition) is 3. The fourth-order valence-corrected chi connectivity index (χ4v) is 1.03. The van der Waals surface area contributed by atoms with Crippen LogP contribution in [0.3, 0.4) is 0 Å². The molecule has 0 aliphatic rings. The molecule has 0 heterocycles. The summed E-state index contributed by atoms with van der Waals surface area (Å²) in [5.41, 5.74) is 4.63. The third-order valence-corrected chi connectivity index (χ3v) is 1.81. The quantitative estimate of drug-likeness (QED) is 0.436. The Morgan fingerprint density at radius 1 is 1.31 bits per heavy atom. The largest absolute Gasteiger partial charge is 0.267 e. The standard InChI is InChI=1S/C10H12N2O/c1-8(2)9-3-5-10(6-4-9)12-11-7-13/h3-6,8,12H,1-2H3. The van der Waals surface area contributed by atoms with Crippen LogP contribution in [0.25, 0.3) is 0 Å². The maximum absolute atomic E-state index is 9.80. The van der Waals surface area contributed by atoms with E-state index < -0.39 is 0 Å². The second kappa shape index (κ2) is 4.43. The van der Waals surface area contributed by atoms with Gasteiger partial charge in [-0.05, 0) is 23.6 Å². The van der Waals surface area contributed by atoms with Gasteiger partial charge in [0.2, 0.25) is 0 Å². The van der Waals surface area contributed by atoms with E-state index in [4.69, 9.17) is 0 Å². The van der Waals surface area contributed by atoms with E-state index in [0.717, 1.165) is 5.69 Å². The first kappa shape index (κ1) is 9.49. The Kier molecular flexibility index (Phi) is 3.23. The van der Waals surface area contributed by atoms with Gasteiger partial charge >= 0.3 is 0 Å². The monoisotopic (exact) mass is 176 g/mol. The van der Waals surface area contributed by atoms with Crippen molar-refractivity contribution in [3.05, 3.63) is 29.8 Å². The van der Waals surface area contributed by atoms with Crippen molar-refractivity contribution in [2.45, 2.75) is 19.8 Å². The molecule has 0 aliphatic carbocycles. The van der Waals surface area contributed by atoms with Gasteiger partial charge in [0.25, 0.3) is 6.08 Å². The van der Waals surface area contributed by atoms with Gasteiger partial charge in [-0.1, -0.05) is 31.1 Å². The maximum atomic E-state index is 9.80. The molecule has 0 aliphatic heterocycles. The number of carbonyl (C=O) groups excluding carboxylic acids is 1. The summed E-state index contributed by atoms with van der Waals surface area (Å²) in [6, 6.07) is 7.78. The molecule has 0 saturated heterocycles. The molecule has 3 heteroatoms. The molecule has 0 fully saturated rings. The molecule has 1 aromatic rings. The van der Waals surface area contributed by atoms with Crippen LogP contribution in [-0.2, 0) is 4.79 Å². The Balaban J connectivity index is 2.75. The minimum Gasteiger partial charge on any atom is -0.267 e. The highest BCUT2D eigenvalue weighted by Gasteiger charge is 1.97. The molecule has 0 saturated carbocycles. The van der Waals surface area contributed by atoms with Gasteiger partial charge in [-0.15, -0.1) is 0 Å². The van der Waals surface area contributed by atoms with Crippen LogP contribution in [-0.4, -0.2) is 6.08 Å². The number of benzene rings is 1. The number of anilines is 1. The van der Waals surface area contributed by atoms with Crippen molar-refractivity contribution >= 4 is 11.8 Å². The number of hydrazone groups is 1. The van der Waals surface area contributed by atoms with Crippen molar-refractivity contribution in [2.24, 2.45) is 5.10 Å². The van der Waals surface area contributed by atoms with Crippen LogP contribution in [0.5, 0.6) is 0 Å². The van der Waals surface area contributed by atoms with Gasteiger partial charge in [-0.2, -0.15) is 0 Å². The Morgan fingerprint density at radius 3 is 2.38 bits per heavy atom. The summed E-state index contributed by atoms with van der Waals surface area (Å²) in [5.74, 6) is 0.517. The second-order valence-corrected chi connectivity index (χ2v) is 3.09. The summed E-state index contributed by atoms with van der Waals surface area (Å²) < 4.78 is 0. The van der Waals surface area contributed by atoms with Crippen LogP contribution >= 0.6 is 0 Å². The first-order valence-electron chi connectivity index (χ1n) is 4.17. The molecule has 0 unspecified atom stereocenters. The van der Waals surface area contributed by atoms with E-state index in [1.807, 2.05) is 24.3 Å². The first-order chi connectivity index (χ1) is 6.24. The fourth-order valence-electron chi connectivity index (χ4n) is 1.03. The van der Waals surface area contributed by atoms with Crippen molar-refractivity contribution in [1.29, 1.82) is 0 Å². The molecule has 0 aromatic heterocycles. The van der Waals surface area contributed by atoms with Gasteiger partial charge < -0.3 is 0 Å². The SMILES string of the molecule is CC(C)c1ccc(NN=C=O)cc1. The topological polar surface area (TPSA) is 41.5 Å². The zero-order valence-corrected chi connectivity index (χ0v) is 7.74. The zero-order valence-electron chi connectivity index (χ0n) is 7.74. The highest BCUT2D eigenvalue weighted by molar-refractivity contribution is 5.47. The van der Waals surface area contributed by atoms with E-state index >= 15 is 0 Å². The summed E-state index contributed by atoms with van der Waals surface area (Å²) in [4.78, 5) is 9.80. The van der Waals surface area contributed by atoms with Gasteiger partial charge in [0.1, 0.15) is 0 Å². The highest BCUT2D eigenvalue weighted by Crippen LogP contribution is 2.16. The van der Waals surface area contributed by atoms with Gasteiger partial charge in [-0.25, -0.2) is 4.79 Å². The normalized spacial score (nSPS) is 9.46. The smallest absolute Gasteiger partial charge is 0.258 e. The lowest BCUT2D eigenvalue weighted by Crippen LogP contribution is -1.89. The van der Waals surface area contributed by atoms with E-state index in [-0.39, 0.29) is 0 Å². The number of hydrogen-bond donors (Lipinski definition) is 1. The maximum Gasteiger partial charge on any atom is 0.258 e. The summed E-state index contributed by atoms with van der Waals surface area (Å²) in [6.45, 7) is 4.26. The van der Waals surface area contributed by atoms with Crippen LogP contribution in [0.2, 0.25) is 0 Å². The Bertz CT molecular complexity index is 310. The average molecular weight is 176 g/mol. The van der Waals surface area contributed by atoms with E-state index in [9.17, 15) is 4.79 Å². The molecule has 68 valence electrons. The predicted octanol–water partition coefficient (Wildman–Crippen LogP) is 2.47. The summed E-state index contributed by atoms with van der Waals surface area (Å²) in [6.07, 6.45) is 1.42. The van der Waals surface area contributed by atoms with Crippen molar-refractivity contribution in [3.8, 4) is 0 Å². The van der Waals surface area contributed by atoms with Crippen molar-refractivity contribution in [1.82, 2.24) is 0 Å². The molecule has 3 nitrogen and oxygen atoms in total. The minimum atomic E-state index is 0.517. The molecular weight excluding hydrogens is 164 g/mol. The third kappa shape index (κ3) is 2.73. The van der Waals surface area contributed by atoms with E-state index in [1.54, 1.807) is 0 Å². The Labute approximate surface area is 77.5 Å². The second-order valence-electron chi connectivity index (χ2n) is 3.09. The third-order valence-electron chi connectivity index (χ3n) is 1.81. The number of nitrogens with zero attached hydrogens (tertiary/aromatic N) is 1. The summed E-state index contributed by atoms with van der Waals surface area (Å²) in [5, 5.41) is 3.26. The first-order valence-corrected chi connectivity index (χ1v) is 4.17. The lowest BCUT2D eigenvalue weighted by molar-refractivity contribution is 0.564. The summed E-state index contributed by atoms with van der Waals surface area (Å²) >= 11 is 0. The summed E-state index contributed by atoms with van der Waals surface area (Å²) in [7, 11) is 0. The predicted molar refractivity (Wildman–Crippen MR) is 52.3 cm³/mol. The van der Waals surface area contributed by atoms with Crippen LogP contribution in [0.1, 0.15) is 25.3 Å². The fraction of sp³-hybridized carbons (Fsp3) is 0.300. The van der Waals surface area contributed by atoms with Crippen LogP contribution in [0, 0.1) is 0 Å². The number of rotatable bonds is 3. The van der Waals surface area contributed by atoms with Crippen molar-refractivity contribution < 1.29 is 4.79 Å². The molecular formula is C10H12N2O. The van der Waals surface area contributed by atoms with E-state index in [1.165, 1.54) is 11.6 Å². The Morgan fingerprint density at radius 2 is 1.92 bits per heavy atom. The van der Waals surface area contributed by atoms with Crippen molar-refractivity contribution in [2.75, 3.05) is 5.43 Å². The molecule has 0 atom stereocenters. The van der Waals surface area contributed by atoms with Gasteiger partial charge in [-0.3, -0.25) is 5.43 Å². The lowest BCUT2D eigenvalue weighted by atomic mass is 10.0. The van der Waals surface area contributed by atoms with E-state index in [0.29, 0.717) is 5.92 Å². The van der Waals surface area contributed by atoms with Crippen LogP contribution in [0.15, 0.2) is 29.4 Å². The molecule has 13 heavy (non-hydrogen) atoms. The number of nitrogens with one attached hydrogen (secondary N) is 1. The molecule has 1 N–H and O–H groups in total. The average Bonchev–Trinajstić information content (AvgIpc) is 2.15. The zero-order chi connectivity index (χ0) is 9.68. The van der Waals surface area contributed by atoms with Gasteiger partial charge in [0, 0.05) is 0 Å². The van der Waals surface area contributed by atoms with Crippen LogP contribution < -0.4 is 5.43 Å². The molecule has 1 aromatic carbocycles. The highest BCUT2D eigenvalue weighted by atomic mass is 16.1. The minimum absolute atomic E-state index is 0.517. The molecule has 0 radical (unpaired) electrons. The molecule has 0 spiro atoms. The van der Waals surface area contributed by atoms with Gasteiger partial charge in [0.05, 0.1) is 5.69 Å². The van der Waals surface area contributed by atoms with Crippen molar-refractivity contribution in [3.63, 3.8) is 0 Å². The Hall–Kier alpha value is -1.60.